The van der Waals surface area contributed by atoms with E-state index in [4.69, 9.17) is 19.4 Å². The second-order valence-electron chi connectivity index (χ2n) is 12.8. The van der Waals surface area contributed by atoms with Gasteiger partial charge < -0.3 is 34.2 Å². The van der Waals surface area contributed by atoms with Gasteiger partial charge in [-0.15, -0.1) is 0 Å². The fourth-order valence-electron chi connectivity index (χ4n) is 6.84. The molecule has 0 radical (unpaired) electrons. The third-order valence-electron chi connectivity index (χ3n) is 9.54. The van der Waals surface area contributed by atoms with Crippen molar-refractivity contribution >= 4 is 28.8 Å². The Kier molecular flexibility index (Phi) is 8.62. The number of hydrogen-bond acceptors (Lipinski definition) is 9. The highest BCUT2D eigenvalue weighted by Gasteiger charge is 2.36. The minimum atomic E-state index is -1.04. The molecule has 1 amide bonds. The molecule has 4 aromatic rings. The van der Waals surface area contributed by atoms with E-state index >= 15 is 4.39 Å². The van der Waals surface area contributed by atoms with Gasteiger partial charge in [-0.05, 0) is 56.3 Å². The molecule has 3 aliphatic heterocycles. The molecule has 2 fully saturated rings. The van der Waals surface area contributed by atoms with Gasteiger partial charge in [0.05, 0.1) is 41.6 Å². The van der Waals surface area contributed by atoms with Crippen LogP contribution in [0.1, 0.15) is 24.0 Å². The smallest absolute Gasteiger partial charge is 0.407 e. The van der Waals surface area contributed by atoms with Crippen molar-refractivity contribution in [1.82, 2.24) is 19.8 Å². The molecule has 3 aromatic carbocycles. The van der Waals surface area contributed by atoms with Gasteiger partial charge in [-0.25, -0.2) is 14.2 Å². The SMILES string of the molecule is CN(C)C1CN(c2nc(N3CCN(C(=O)O)[C@@H](CC#N)C3)c3c4c(c(-c5c(F)cccc5OCc5ccccc5)cc3n2)CCCO4)C1. The lowest BCUT2D eigenvalue weighted by molar-refractivity contribution is 0.119. The summed E-state index contributed by atoms with van der Waals surface area (Å²) >= 11 is 0. The molecule has 1 N–H and O–H groups in total. The summed E-state index contributed by atoms with van der Waals surface area (Å²) in [5.41, 5.74) is 3.47. The Bertz CT molecular complexity index is 1880. The van der Waals surface area contributed by atoms with Gasteiger partial charge in [0.1, 0.15) is 29.7 Å². The molecule has 0 saturated carbocycles. The van der Waals surface area contributed by atoms with Crippen LogP contribution in [0.2, 0.25) is 0 Å². The third-order valence-corrected chi connectivity index (χ3v) is 9.54. The van der Waals surface area contributed by atoms with Gasteiger partial charge in [0, 0.05) is 44.3 Å². The molecular weight excluding hydrogens is 613 g/mol. The molecule has 11 nitrogen and oxygen atoms in total. The van der Waals surface area contributed by atoms with Crippen LogP contribution in [0.3, 0.4) is 0 Å². The van der Waals surface area contributed by atoms with E-state index in [1.165, 1.54) is 11.0 Å². The highest BCUT2D eigenvalue weighted by atomic mass is 19.1. The Morgan fingerprint density at radius 2 is 1.92 bits per heavy atom. The van der Waals surface area contributed by atoms with Gasteiger partial charge in [-0.2, -0.15) is 10.2 Å². The predicted octanol–water partition coefficient (Wildman–Crippen LogP) is 5.17. The molecule has 0 spiro atoms. The lowest BCUT2D eigenvalue weighted by Crippen LogP contribution is -2.58. The molecule has 3 aliphatic rings. The summed E-state index contributed by atoms with van der Waals surface area (Å²) in [5, 5.41) is 20.1. The van der Waals surface area contributed by atoms with Gasteiger partial charge in [0.15, 0.2) is 0 Å². The number of aromatic nitrogens is 2. The lowest BCUT2D eigenvalue weighted by atomic mass is 9.91. The van der Waals surface area contributed by atoms with Gasteiger partial charge in [-0.3, -0.25) is 0 Å². The molecule has 4 heterocycles. The Labute approximate surface area is 278 Å². The Hall–Kier alpha value is -5.15. The maximum atomic E-state index is 16.0. The quantitative estimate of drug-likeness (QED) is 0.273. The summed E-state index contributed by atoms with van der Waals surface area (Å²) in [6.45, 7) is 3.19. The van der Waals surface area contributed by atoms with Crippen molar-refractivity contribution in [2.24, 2.45) is 0 Å². The third kappa shape index (κ3) is 5.90. The van der Waals surface area contributed by atoms with Crippen molar-refractivity contribution in [2.45, 2.75) is 38.0 Å². The fraction of sp³-hybridized carbons (Fsp3) is 0.389. The van der Waals surface area contributed by atoms with Crippen LogP contribution in [0.15, 0.2) is 54.6 Å². The number of amides is 1. The molecule has 48 heavy (non-hydrogen) atoms. The predicted molar refractivity (Wildman–Crippen MR) is 180 cm³/mol. The molecule has 12 heteroatoms. The summed E-state index contributed by atoms with van der Waals surface area (Å²) < 4.78 is 28.6. The molecule has 248 valence electrons. The molecule has 1 aromatic heterocycles. The number of nitrogens with zero attached hydrogens (tertiary/aromatic N) is 7. The van der Waals surface area contributed by atoms with Crippen LogP contribution >= 0.6 is 0 Å². The number of benzene rings is 3. The minimum Gasteiger partial charge on any atom is -0.492 e. The zero-order valence-electron chi connectivity index (χ0n) is 27.1. The van der Waals surface area contributed by atoms with E-state index in [0.717, 1.165) is 30.6 Å². The first kappa shape index (κ1) is 31.4. The Morgan fingerprint density at radius 3 is 2.67 bits per heavy atom. The molecule has 1 atom stereocenters. The van der Waals surface area contributed by atoms with E-state index in [2.05, 4.69) is 15.9 Å². The number of hydrogen-bond donors (Lipinski definition) is 1. The summed E-state index contributed by atoms with van der Waals surface area (Å²) in [5.74, 6) is 1.82. The van der Waals surface area contributed by atoms with Crippen molar-refractivity contribution < 1.29 is 23.8 Å². The van der Waals surface area contributed by atoms with Crippen LogP contribution in [0, 0.1) is 17.1 Å². The average molecular weight is 652 g/mol. The maximum absolute atomic E-state index is 16.0. The topological polar surface area (TPSA) is 118 Å². The van der Waals surface area contributed by atoms with Gasteiger partial charge in [0.25, 0.3) is 0 Å². The van der Waals surface area contributed by atoms with E-state index in [1.807, 2.05) is 55.4 Å². The highest BCUT2D eigenvalue weighted by molar-refractivity contribution is 6.01. The van der Waals surface area contributed by atoms with E-state index < -0.39 is 18.0 Å². The van der Waals surface area contributed by atoms with Crippen LogP contribution in [-0.2, 0) is 13.0 Å². The van der Waals surface area contributed by atoms with Crippen LogP contribution in [0.5, 0.6) is 11.5 Å². The van der Waals surface area contributed by atoms with Crippen molar-refractivity contribution in [3.63, 3.8) is 0 Å². The van der Waals surface area contributed by atoms with Gasteiger partial charge in [0.2, 0.25) is 5.95 Å². The summed E-state index contributed by atoms with van der Waals surface area (Å²) in [4.78, 5) is 29.9. The van der Waals surface area contributed by atoms with Crippen molar-refractivity contribution in [3.05, 3.63) is 71.5 Å². The van der Waals surface area contributed by atoms with Crippen LogP contribution in [0.4, 0.5) is 21.0 Å². The molecular formula is C36H38FN7O4. The van der Waals surface area contributed by atoms with Crippen LogP contribution < -0.4 is 19.3 Å². The number of piperazine rings is 1. The first-order chi connectivity index (χ1) is 23.3. The highest BCUT2D eigenvalue weighted by Crippen LogP contribution is 2.47. The number of carbonyl (C=O) groups is 1. The first-order valence-corrected chi connectivity index (χ1v) is 16.3. The number of halogens is 1. The Balaban J connectivity index is 1.38. The largest absolute Gasteiger partial charge is 0.492 e. The summed E-state index contributed by atoms with van der Waals surface area (Å²) in [6.07, 6.45) is 0.441. The van der Waals surface area contributed by atoms with Gasteiger partial charge in [-0.1, -0.05) is 36.4 Å². The number of ether oxygens (including phenoxy) is 2. The Morgan fingerprint density at radius 1 is 1.10 bits per heavy atom. The zero-order chi connectivity index (χ0) is 33.4. The van der Waals surface area contributed by atoms with E-state index in [-0.39, 0.29) is 19.6 Å². The normalized spacial score (nSPS) is 17.9. The number of nitriles is 1. The van der Waals surface area contributed by atoms with Crippen molar-refractivity contribution in [3.8, 4) is 28.7 Å². The zero-order valence-corrected chi connectivity index (χ0v) is 27.1. The first-order valence-electron chi connectivity index (χ1n) is 16.3. The summed E-state index contributed by atoms with van der Waals surface area (Å²) in [6, 6.07) is 18.6. The molecule has 0 bridgehead atoms. The lowest BCUT2D eigenvalue weighted by Gasteiger charge is -2.43. The monoisotopic (exact) mass is 651 g/mol. The van der Waals surface area contributed by atoms with Crippen LogP contribution in [0.25, 0.3) is 22.0 Å². The molecule has 2 saturated heterocycles. The number of anilines is 2. The standard InChI is InChI=1S/C36H38FN7O4/c1-41(2)25-20-43(21-25)35-39-29-18-27(31-28(37)11-6-12-30(31)48-22-23-8-4-3-5-9-23)26-10-7-17-47-33(26)32(29)34(40-35)42-15-16-44(36(45)46)24(19-42)13-14-38/h3-6,8-9,11-12,18,24-25H,7,10,13,15-17,19-22H2,1-2H3,(H,45,46)/t24-/m0/s1. The maximum Gasteiger partial charge on any atom is 0.407 e. The second kappa shape index (κ2) is 13.2. The minimum absolute atomic E-state index is 0.0626. The van der Waals surface area contributed by atoms with E-state index in [0.29, 0.717) is 77.5 Å². The van der Waals surface area contributed by atoms with Crippen molar-refractivity contribution in [1.29, 1.82) is 5.26 Å². The molecule has 0 unspecified atom stereocenters. The number of likely N-dealkylation sites (N-methyl/N-ethyl adjacent to an activating group) is 1. The van der Waals surface area contributed by atoms with Crippen molar-refractivity contribution in [2.75, 3.05) is 63.2 Å². The van der Waals surface area contributed by atoms with Gasteiger partial charge >= 0.3 is 6.09 Å². The second-order valence-corrected chi connectivity index (χ2v) is 12.8. The number of rotatable bonds is 8. The average Bonchev–Trinajstić information content (AvgIpc) is 3.06. The molecule has 0 aliphatic carbocycles. The van der Waals surface area contributed by atoms with E-state index in [9.17, 15) is 15.2 Å². The number of carboxylic acid groups (broad SMARTS) is 1. The number of fused-ring (bicyclic) bond motifs is 3. The fourth-order valence-corrected chi connectivity index (χ4v) is 6.84. The van der Waals surface area contributed by atoms with Crippen LogP contribution in [-0.4, -0.2) is 96.5 Å². The van der Waals surface area contributed by atoms with E-state index in [1.54, 1.807) is 12.1 Å². The summed E-state index contributed by atoms with van der Waals surface area (Å²) in [7, 11) is 4.10. The molecule has 7 rings (SSSR count).